The van der Waals surface area contributed by atoms with Crippen molar-refractivity contribution in [1.29, 1.82) is 0 Å². The van der Waals surface area contributed by atoms with E-state index < -0.39 is 5.60 Å². The average Bonchev–Trinajstić information content (AvgIpc) is 2.41. The Morgan fingerprint density at radius 2 is 2.09 bits per heavy atom. The number of nitrogens with one attached hydrogen (secondary N) is 2. The van der Waals surface area contributed by atoms with Crippen molar-refractivity contribution >= 4 is 6.09 Å². The molecule has 4 heteroatoms. The van der Waals surface area contributed by atoms with E-state index in [-0.39, 0.29) is 12.1 Å². The third kappa shape index (κ3) is 5.02. The fraction of sp³-hybridized carbons (Fsp3) is 0.611. The maximum absolute atomic E-state index is 12.0. The Kier molecular flexibility index (Phi) is 5.46. The van der Waals surface area contributed by atoms with Gasteiger partial charge in [-0.25, -0.2) is 4.79 Å². The molecule has 1 aromatic carbocycles. The minimum absolute atomic E-state index is 0.163. The first-order valence-corrected chi connectivity index (χ1v) is 8.10. The number of carbonyl (C=O) groups excluding carboxylic acids is 1. The molecule has 1 heterocycles. The summed E-state index contributed by atoms with van der Waals surface area (Å²) in [6.45, 7) is 9.67. The molecule has 1 aromatic rings. The lowest BCUT2D eigenvalue weighted by Crippen LogP contribution is -2.51. The van der Waals surface area contributed by atoms with E-state index in [2.05, 4.69) is 41.8 Å². The lowest BCUT2D eigenvalue weighted by molar-refractivity contribution is 0.0473. The SMILES string of the molecule is Cc1ccccc1C[C@H]1CNCC[C@H]1NC(=O)OC(C)(C)C. The third-order valence-corrected chi connectivity index (χ3v) is 4.05. The molecule has 1 aliphatic heterocycles. The zero-order valence-electron chi connectivity index (χ0n) is 14.1. The van der Waals surface area contributed by atoms with Gasteiger partial charge in [-0.05, 0) is 64.1 Å². The van der Waals surface area contributed by atoms with Gasteiger partial charge in [-0.15, -0.1) is 0 Å². The Labute approximate surface area is 133 Å². The summed E-state index contributed by atoms with van der Waals surface area (Å²) < 4.78 is 5.39. The van der Waals surface area contributed by atoms with Crippen LogP contribution < -0.4 is 10.6 Å². The monoisotopic (exact) mass is 304 g/mol. The molecule has 1 fully saturated rings. The molecule has 2 rings (SSSR count). The number of amides is 1. The van der Waals surface area contributed by atoms with Crippen molar-refractivity contribution in [1.82, 2.24) is 10.6 Å². The van der Waals surface area contributed by atoms with Crippen LogP contribution in [0.15, 0.2) is 24.3 Å². The molecular weight excluding hydrogens is 276 g/mol. The summed E-state index contributed by atoms with van der Waals surface area (Å²) in [5.41, 5.74) is 2.21. The Morgan fingerprint density at radius 1 is 1.36 bits per heavy atom. The first-order valence-electron chi connectivity index (χ1n) is 8.10. The van der Waals surface area contributed by atoms with Crippen LogP contribution in [-0.2, 0) is 11.2 Å². The number of hydrogen-bond donors (Lipinski definition) is 2. The molecule has 122 valence electrons. The van der Waals surface area contributed by atoms with Gasteiger partial charge in [-0.1, -0.05) is 24.3 Å². The van der Waals surface area contributed by atoms with Gasteiger partial charge in [0, 0.05) is 12.6 Å². The summed E-state index contributed by atoms with van der Waals surface area (Å²) in [4.78, 5) is 12.0. The van der Waals surface area contributed by atoms with E-state index in [4.69, 9.17) is 4.74 Å². The van der Waals surface area contributed by atoms with Gasteiger partial charge < -0.3 is 15.4 Å². The molecule has 1 aliphatic rings. The Hall–Kier alpha value is -1.55. The van der Waals surface area contributed by atoms with Crippen LogP contribution in [0, 0.1) is 12.8 Å². The maximum atomic E-state index is 12.0. The van der Waals surface area contributed by atoms with Crippen LogP contribution in [0.1, 0.15) is 38.3 Å². The molecular formula is C18H28N2O2. The van der Waals surface area contributed by atoms with Gasteiger partial charge in [-0.2, -0.15) is 0 Å². The highest BCUT2D eigenvalue weighted by molar-refractivity contribution is 5.68. The van der Waals surface area contributed by atoms with Gasteiger partial charge in [0.1, 0.15) is 5.60 Å². The number of piperidine rings is 1. The average molecular weight is 304 g/mol. The summed E-state index contributed by atoms with van der Waals surface area (Å²) in [7, 11) is 0. The number of alkyl carbamates (subject to hydrolysis) is 1. The van der Waals surface area contributed by atoms with Crippen molar-refractivity contribution in [2.75, 3.05) is 13.1 Å². The number of ether oxygens (including phenoxy) is 1. The van der Waals surface area contributed by atoms with Crippen LogP contribution in [0.3, 0.4) is 0 Å². The van der Waals surface area contributed by atoms with E-state index in [9.17, 15) is 4.79 Å². The maximum Gasteiger partial charge on any atom is 0.407 e. The first kappa shape index (κ1) is 16.8. The van der Waals surface area contributed by atoms with Crippen LogP contribution >= 0.6 is 0 Å². The van der Waals surface area contributed by atoms with Gasteiger partial charge in [0.05, 0.1) is 0 Å². The predicted octanol–water partition coefficient (Wildman–Crippen LogP) is 3.04. The molecule has 1 saturated heterocycles. The highest BCUT2D eigenvalue weighted by Gasteiger charge is 2.28. The number of hydrogen-bond acceptors (Lipinski definition) is 3. The minimum atomic E-state index is -0.456. The number of aryl methyl sites for hydroxylation is 1. The zero-order chi connectivity index (χ0) is 16.2. The number of benzene rings is 1. The molecule has 0 aromatic heterocycles. The summed E-state index contributed by atoms with van der Waals surface area (Å²) in [5.74, 6) is 0.391. The van der Waals surface area contributed by atoms with Crippen molar-refractivity contribution < 1.29 is 9.53 Å². The van der Waals surface area contributed by atoms with Gasteiger partial charge in [0.2, 0.25) is 0 Å². The molecule has 0 bridgehead atoms. The number of rotatable bonds is 3. The normalized spacial score (nSPS) is 22.2. The van der Waals surface area contributed by atoms with Crippen LogP contribution in [-0.4, -0.2) is 30.8 Å². The van der Waals surface area contributed by atoms with Gasteiger partial charge >= 0.3 is 6.09 Å². The second-order valence-electron chi connectivity index (χ2n) is 7.14. The zero-order valence-corrected chi connectivity index (χ0v) is 14.1. The fourth-order valence-electron chi connectivity index (χ4n) is 2.91. The highest BCUT2D eigenvalue weighted by atomic mass is 16.6. The van der Waals surface area contributed by atoms with Gasteiger partial charge in [-0.3, -0.25) is 0 Å². The molecule has 0 saturated carbocycles. The van der Waals surface area contributed by atoms with Crippen LogP contribution in [0.5, 0.6) is 0 Å². The van der Waals surface area contributed by atoms with E-state index in [1.54, 1.807) is 0 Å². The second-order valence-corrected chi connectivity index (χ2v) is 7.14. The van der Waals surface area contributed by atoms with Gasteiger partial charge in [0.15, 0.2) is 0 Å². The molecule has 22 heavy (non-hydrogen) atoms. The molecule has 4 nitrogen and oxygen atoms in total. The number of carbonyl (C=O) groups is 1. The minimum Gasteiger partial charge on any atom is -0.444 e. The van der Waals surface area contributed by atoms with Crippen molar-refractivity contribution in [2.24, 2.45) is 5.92 Å². The molecule has 1 amide bonds. The van der Waals surface area contributed by atoms with E-state index in [0.717, 1.165) is 25.9 Å². The third-order valence-electron chi connectivity index (χ3n) is 4.05. The fourth-order valence-corrected chi connectivity index (χ4v) is 2.91. The second kappa shape index (κ2) is 7.14. The summed E-state index contributed by atoms with van der Waals surface area (Å²) in [5, 5.41) is 6.50. The highest BCUT2D eigenvalue weighted by Crippen LogP contribution is 2.20. The summed E-state index contributed by atoms with van der Waals surface area (Å²) >= 11 is 0. The Balaban J connectivity index is 1.99. The van der Waals surface area contributed by atoms with E-state index in [0.29, 0.717) is 5.92 Å². The summed E-state index contributed by atoms with van der Waals surface area (Å²) in [6.07, 6.45) is 1.60. The van der Waals surface area contributed by atoms with Crippen LogP contribution in [0.2, 0.25) is 0 Å². The largest absolute Gasteiger partial charge is 0.444 e. The van der Waals surface area contributed by atoms with E-state index in [1.165, 1.54) is 11.1 Å². The lowest BCUT2D eigenvalue weighted by Gasteiger charge is -2.33. The summed E-state index contributed by atoms with van der Waals surface area (Å²) in [6, 6.07) is 8.62. The van der Waals surface area contributed by atoms with Crippen molar-refractivity contribution in [3.05, 3.63) is 35.4 Å². The molecule has 0 aliphatic carbocycles. The molecule has 0 unspecified atom stereocenters. The topological polar surface area (TPSA) is 50.4 Å². The van der Waals surface area contributed by atoms with Crippen LogP contribution in [0.4, 0.5) is 4.79 Å². The first-order chi connectivity index (χ1) is 10.3. The predicted molar refractivity (Wildman–Crippen MR) is 89.0 cm³/mol. The molecule has 2 atom stereocenters. The van der Waals surface area contributed by atoms with Gasteiger partial charge in [0.25, 0.3) is 0 Å². The van der Waals surface area contributed by atoms with E-state index >= 15 is 0 Å². The van der Waals surface area contributed by atoms with Crippen LogP contribution in [0.25, 0.3) is 0 Å². The van der Waals surface area contributed by atoms with Crippen molar-refractivity contribution in [2.45, 2.75) is 52.2 Å². The van der Waals surface area contributed by atoms with Crippen molar-refractivity contribution in [3.63, 3.8) is 0 Å². The molecule has 0 spiro atoms. The Bertz CT molecular complexity index is 508. The Morgan fingerprint density at radius 3 is 2.77 bits per heavy atom. The lowest BCUT2D eigenvalue weighted by atomic mass is 9.86. The molecule has 0 radical (unpaired) electrons. The quantitative estimate of drug-likeness (QED) is 0.902. The van der Waals surface area contributed by atoms with Crippen molar-refractivity contribution in [3.8, 4) is 0 Å². The smallest absolute Gasteiger partial charge is 0.407 e. The standard InChI is InChI=1S/C18H28N2O2/c1-13-7-5-6-8-14(13)11-15-12-19-10-9-16(15)20-17(21)22-18(2,3)4/h5-8,15-16,19H,9-12H2,1-4H3,(H,20,21)/t15-,16+/m0/s1. The van der Waals surface area contributed by atoms with E-state index in [1.807, 2.05) is 20.8 Å². The molecule has 2 N–H and O–H groups in total.